The maximum absolute atomic E-state index is 12.8. The SMILES string of the molecule is C[C@@H](C(=O)Nc1cccc(S(=O)(=O)NCc2ccco2)c1)n1c(=O)oc2ccccc21. The zero-order chi connectivity index (χ0) is 22.0. The van der Waals surface area contributed by atoms with Crippen molar-refractivity contribution in [2.45, 2.75) is 24.4 Å². The van der Waals surface area contributed by atoms with Crippen molar-refractivity contribution in [3.63, 3.8) is 0 Å². The fourth-order valence-corrected chi connectivity index (χ4v) is 4.16. The minimum Gasteiger partial charge on any atom is -0.468 e. The van der Waals surface area contributed by atoms with E-state index in [1.54, 1.807) is 49.4 Å². The average molecular weight is 441 g/mol. The third-order valence-electron chi connectivity index (χ3n) is 4.71. The van der Waals surface area contributed by atoms with Gasteiger partial charge in [-0.15, -0.1) is 0 Å². The second-order valence-corrected chi connectivity index (χ2v) is 8.57. The van der Waals surface area contributed by atoms with Crippen molar-refractivity contribution in [2.24, 2.45) is 0 Å². The highest BCUT2D eigenvalue weighted by atomic mass is 32.2. The van der Waals surface area contributed by atoms with Gasteiger partial charge in [0.1, 0.15) is 11.8 Å². The summed E-state index contributed by atoms with van der Waals surface area (Å²) in [5, 5.41) is 2.65. The number of fused-ring (bicyclic) bond motifs is 1. The van der Waals surface area contributed by atoms with Gasteiger partial charge < -0.3 is 14.2 Å². The first-order valence-electron chi connectivity index (χ1n) is 9.38. The van der Waals surface area contributed by atoms with Crippen LogP contribution < -0.4 is 15.8 Å². The van der Waals surface area contributed by atoms with Gasteiger partial charge in [-0.2, -0.15) is 0 Å². The maximum Gasteiger partial charge on any atom is 0.420 e. The van der Waals surface area contributed by atoms with E-state index in [1.807, 2.05) is 0 Å². The summed E-state index contributed by atoms with van der Waals surface area (Å²) in [4.78, 5) is 25.0. The van der Waals surface area contributed by atoms with Crippen LogP contribution in [0.1, 0.15) is 18.7 Å². The van der Waals surface area contributed by atoms with Gasteiger partial charge in [-0.1, -0.05) is 18.2 Å². The lowest BCUT2D eigenvalue weighted by molar-refractivity contribution is -0.118. The van der Waals surface area contributed by atoms with Crippen molar-refractivity contribution in [1.29, 1.82) is 0 Å². The molecule has 10 heteroatoms. The number of oxazole rings is 1. The van der Waals surface area contributed by atoms with E-state index in [-0.39, 0.29) is 17.1 Å². The molecule has 2 N–H and O–H groups in total. The molecule has 0 bridgehead atoms. The maximum atomic E-state index is 12.8. The molecule has 0 aliphatic rings. The monoisotopic (exact) mass is 441 g/mol. The Balaban J connectivity index is 1.52. The summed E-state index contributed by atoms with van der Waals surface area (Å²) in [6, 6.07) is 15.1. The van der Waals surface area contributed by atoms with Crippen LogP contribution in [0.25, 0.3) is 11.1 Å². The van der Waals surface area contributed by atoms with Crippen molar-refractivity contribution in [2.75, 3.05) is 5.32 Å². The largest absolute Gasteiger partial charge is 0.468 e. The Morgan fingerprint density at radius 2 is 1.90 bits per heavy atom. The molecule has 0 unspecified atom stereocenters. The molecule has 4 rings (SSSR count). The van der Waals surface area contributed by atoms with E-state index < -0.39 is 27.7 Å². The summed E-state index contributed by atoms with van der Waals surface area (Å²) in [6.07, 6.45) is 1.45. The first kappa shape index (κ1) is 20.6. The van der Waals surface area contributed by atoms with Gasteiger partial charge in [0.25, 0.3) is 0 Å². The molecule has 2 heterocycles. The van der Waals surface area contributed by atoms with Gasteiger partial charge in [0, 0.05) is 5.69 Å². The predicted octanol–water partition coefficient (Wildman–Crippen LogP) is 2.87. The van der Waals surface area contributed by atoms with Gasteiger partial charge in [-0.25, -0.2) is 17.9 Å². The van der Waals surface area contributed by atoms with Crippen molar-refractivity contribution < 1.29 is 22.0 Å². The van der Waals surface area contributed by atoms with Crippen molar-refractivity contribution in [1.82, 2.24) is 9.29 Å². The number of carbonyl (C=O) groups is 1. The predicted molar refractivity (Wildman–Crippen MR) is 113 cm³/mol. The third kappa shape index (κ3) is 4.30. The van der Waals surface area contributed by atoms with Crippen molar-refractivity contribution in [3.8, 4) is 0 Å². The van der Waals surface area contributed by atoms with Crippen LogP contribution in [0, 0.1) is 0 Å². The number of rotatable bonds is 7. The van der Waals surface area contributed by atoms with E-state index in [0.717, 1.165) is 0 Å². The standard InChI is InChI=1S/C21H19N3O6S/c1-14(24-18-9-2-3-10-19(18)30-21(24)26)20(25)23-15-6-4-8-17(12-15)31(27,28)22-13-16-7-5-11-29-16/h2-12,14,22H,13H2,1H3,(H,23,25)/t14-/m0/s1. The zero-order valence-corrected chi connectivity index (χ0v) is 17.3. The molecule has 0 fully saturated rings. The van der Waals surface area contributed by atoms with Gasteiger partial charge in [0.15, 0.2) is 5.58 Å². The van der Waals surface area contributed by atoms with Crippen LogP contribution in [-0.4, -0.2) is 18.9 Å². The topological polar surface area (TPSA) is 124 Å². The minimum atomic E-state index is -3.83. The van der Waals surface area contributed by atoms with Gasteiger partial charge >= 0.3 is 5.76 Å². The molecular weight excluding hydrogens is 422 g/mol. The second-order valence-electron chi connectivity index (χ2n) is 6.80. The van der Waals surface area contributed by atoms with E-state index in [4.69, 9.17) is 8.83 Å². The molecule has 31 heavy (non-hydrogen) atoms. The summed E-state index contributed by atoms with van der Waals surface area (Å²) in [5.74, 6) is -0.673. The number of hydrogen-bond donors (Lipinski definition) is 2. The number of sulfonamides is 1. The zero-order valence-electron chi connectivity index (χ0n) is 16.4. The quantitative estimate of drug-likeness (QED) is 0.455. The molecule has 0 radical (unpaired) electrons. The number of amides is 1. The van der Waals surface area contributed by atoms with Crippen LogP contribution in [-0.2, 0) is 21.4 Å². The van der Waals surface area contributed by atoms with E-state index >= 15 is 0 Å². The van der Waals surface area contributed by atoms with Crippen LogP contribution in [0.3, 0.4) is 0 Å². The number of carbonyl (C=O) groups excluding carboxylic acids is 1. The number of nitrogens with one attached hydrogen (secondary N) is 2. The Morgan fingerprint density at radius 1 is 1.10 bits per heavy atom. The summed E-state index contributed by atoms with van der Waals surface area (Å²) in [6.45, 7) is 1.56. The number of para-hydroxylation sites is 2. The highest BCUT2D eigenvalue weighted by Gasteiger charge is 2.22. The van der Waals surface area contributed by atoms with E-state index in [0.29, 0.717) is 16.9 Å². The van der Waals surface area contributed by atoms with Crippen LogP contribution in [0.5, 0.6) is 0 Å². The summed E-state index contributed by atoms with van der Waals surface area (Å²) in [5.41, 5.74) is 1.15. The molecule has 0 spiro atoms. The number of furan rings is 1. The number of benzene rings is 2. The third-order valence-corrected chi connectivity index (χ3v) is 6.11. The van der Waals surface area contributed by atoms with E-state index in [2.05, 4.69) is 10.0 Å². The van der Waals surface area contributed by atoms with Gasteiger partial charge in [-0.3, -0.25) is 9.36 Å². The number of nitrogens with zero attached hydrogens (tertiary/aromatic N) is 1. The van der Waals surface area contributed by atoms with E-state index in [9.17, 15) is 18.0 Å². The molecule has 0 saturated carbocycles. The highest BCUT2D eigenvalue weighted by molar-refractivity contribution is 7.89. The number of aromatic nitrogens is 1. The Bertz CT molecular complexity index is 1390. The van der Waals surface area contributed by atoms with Gasteiger partial charge in [-0.05, 0) is 49.4 Å². The summed E-state index contributed by atoms with van der Waals surface area (Å²) in [7, 11) is -3.83. The molecule has 2 aromatic carbocycles. The Morgan fingerprint density at radius 3 is 2.68 bits per heavy atom. The van der Waals surface area contributed by atoms with Gasteiger partial charge in [0.2, 0.25) is 15.9 Å². The smallest absolute Gasteiger partial charge is 0.420 e. The molecule has 0 aliphatic carbocycles. The van der Waals surface area contributed by atoms with Crippen LogP contribution in [0.2, 0.25) is 0 Å². The lowest BCUT2D eigenvalue weighted by Crippen LogP contribution is -2.29. The molecule has 9 nitrogen and oxygen atoms in total. The number of hydrogen-bond acceptors (Lipinski definition) is 6. The van der Waals surface area contributed by atoms with Crippen LogP contribution in [0.4, 0.5) is 5.69 Å². The molecule has 160 valence electrons. The first-order valence-corrected chi connectivity index (χ1v) is 10.9. The Labute approximate surface area is 177 Å². The Kier molecular flexibility index (Phi) is 5.49. The Hall–Kier alpha value is -3.63. The van der Waals surface area contributed by atoms with Crippen molar-refractivity contribution in [3.05, 3.63) is 83.2 Å². The molecule has 2 aromatic heterocycles. The molecule has 4 aromatic rings. The summed E-state index contributed by atoms with van der Waals surface area (Å²) >= 11 is 0. The molecular formula is C21H19N3O6S. The van der Waals surface area contributed by atoms with Crippen LogP contribution in [0.15, 0.2) is 85.5 Å². The molecule has 0 aliphatic heterocycles. The van der Waals surface area contributed by atoms with Crippen molar-refractivity contribution >= 4 is 32.7 Å². The van der Waals surface area contributed by atoms with Gasteiger partial charge in [0.05, 0.1) is 23.2 Å². The normalized spacial score (nSPS) is 12.7. The first-order chi connectivity index (χ1) is 14.8. The fraction of sp³-hybridized carbons (Fsp3) is 0.143. The molecule has 0 saturated heterocycles. The highest BCUT2D eigenvalue weighted by Crippen LogP contribution is 2.20. The van der Waals surface area contributed by atoms with E-state index in [1.165, 1.54) is 29.0 Å². The fourth-order valence-electron chi connectivity index (χ4n) is 3.12. The lowest BCUT2D eigenvalue weighted by Gasteiger charge is -2.14. The number of anilines is 1. The minimum absolute atomic E-state index is 0.000561. The molecule has 1 atom stereocenters. The summed E-state index contributed by atoms with van der Waals surface area (Å²) < 4.78 is 39.1. The second kappa shape index (κ2) is 8.25. The average Bonchev–Trinajstić information content (AvgIpc) is 3.39. The van der Waals surface area contributed by atoms with Crippen LogP contribution >= 0.6 is 0 Å². The lowest BCUT2D eigenvalue weighted by atomic mass is 10.2. The molecule has 1 amide bonds.